The van der Waals surface area contributed by atoms with Gasteiger partial charge in [0.25, 0.3) is 5.91 Å². The van der Waals surface area contributed by atoms with E-state index in [9.17, 15) is 4.79 Å². The van der Waals surface area contributed by atoms with E-state index in [0.29, 0.717) is 23.1 Å². The minimum absolute atomic E-state index is 0.0903. The molecular formula is C32H45ClN2O3S. The van der Waals surface area contributed by atoms with Gasteiger partial charge in [0.1, 0.15) is 11.5 Å². The van der Waals surface area contributed by atoms with Crippen molar-refractivity contribution in [3.8, 4) is 11.5 Å². The summed E-state index contributed by atoms with van der Waals surface area (Å²) in [4.78, 5) is 14.6. The average Bonchev–Trinajstić information content (AvgIpc) is 3.45. The molecule has 2 aromatic rings. The minimum atomic E-state index is -0.218. The normalized spacial score (nSPS) is 12.6. The van der Waals surface area contributed by atoms with Crippen molar-refractivity contribution in [3.63, 3.8) is 0 Å². The number of rotatable bonds is 20. The van der Waals surface area contributed by atoms with E-state index in [4.69, 9.17) is 21.1 Å². The highest BCUT2D eigenvalue weighted by atomic mass is 35.5. The van der Waals surface area contributed by atoms with Crippen molar-refractivity contribution in [2.45, 2.75) is 90.5 Å². The molecule has 0 fully saturated rings. The van der Waals surface area contributed by atoms with Crippen molar-refractivity contribution in [2.24, 2.45) is 0 Å². The molecule has 0 aromatic heterocycles. The third-order valence-corrected chi connectivity index (χ3v) is 7.85. The minimum Gasteiger partial charge on any atom is -0.492 e. The Labute approximate surface area is 244 Å². The predicted molar refractivity (Wildman–Crippen MR) is 166 cm³/mol. The van der Waals surface area contributed by atoms with Crippen LogP contribution in [0.3, 0.4) is 0 Å². The number of ether oxygens (including phenoxy) is 2. The molecule has 0 saturated carbocycles. The highest BCUT2D eigenvalue weighted by molar-refractivity contribution is 8.02. The molecule has 0 spiro atoms. The van der Waals surface area contributed by atoms with Crippen LogP contribution in [0.4, 0.5) is 5.69 Å². The van der Waals surface area contributed by atoms with E-state index in [-0.39, 0.29) is 12.5 Å². The molecule has 1 aliphatic heterocycles. The maximum atomic E-state index is 12.3. The number of benzene rings is 2. The predicted octanol–water partition coefficient (Wildman–Crippen LogP) is 9.41. The van der Waals surface area contributed by atoms with Crippen LogP contribution in [0.1, 0.15) is 89.5 Å². The second kappa shape index (κ2) is 18.9. The Morgan fingerprint density at radius 3 is 2.18 bits per heavy atom. The summed E-state index contributed by atoms with van der Waals surface area (Å²) in [7, 11) is 0. The Bertz CT molecular complexity index is 999. The van der Waals surface area contributed by atoms with Crippen LogP contribution in [0.5, 0.6) is 11.5 Å². The van der Waals surface area contributed by atoms with E-state index in [1.165, 1.54) is 76.2 Å². The number of halogens is 1. The molecule has 1 N–H and O–H groups in total. The molecule has 0 aliphatic carbocycles. The average molecular weight is 573 g/mol. The highest BCUT2D eigenvalue weighted by Gasteiger charge is 2.09. The van der Waals surface area contributed by atoms with Crippen LogP contribution in [0.2, 0.25) is 5.02 Å². The molecule has 0 saturated heterocycles. The van der Waals surface area contributed by atoms with Crippen molar-refractivity contribution in [1.29, 1.82) is 0 Å². The monoisotopic (exact) mass is 572 g/mol. The van der Waals surface area contributed by atoms with Crippen LogP contribution in [0, 0.1) is 0 Å². The van der Waals surface area contributed by atoms with Crippen molar-refractivity contribution in [1.82, 2.24) is 4.90 Å². The third-order valence-electron chi connectivity index (χ3n) is 6.76. The van der Waals surface area contributed by atoms with E-state index < -0.39 is 0 Å². The number of carbonyl (C=O) groups excluding carboxylic acids is 1. The maximum absolute atomic E-state index is 12.3. The lowest BCUT2D eigenvalue weighted by Gasteiger charge is -2.15. The highest BCUT2D eigenvalue weighted by Crippen LogP contribution is 2.29. The summed E-state index contributed by atoms with van der Waals surface area (Å²) in [5.41, 5.74) is 1.95. The van der Waals surface area contributed by atoms with Crippen molar-refractivity contribution < 1.29 is 14.3 Å². The quantitative estimate of drug-likeness (QED) is 0.160. The molecule has 0 atom stereocenters. The number of nitrogens with one attached hydrogen (secondary N) is 1. The zero-order chi connectivity index (χ0) is 27.5. The van der Waals surface area contributed by atoms with Crippen molar-refractivity contribution in [2.75, 3.05) is 24.4 Å². The Morgan fingerprint density at radius 1 is 0.897 bits per heavy atom. The van der Waals surface area contributed by atoms with Gasteiger partial charge in [-0.25, -0.2) is 0 Å². The smallest absolute Gasteiger partial charge is 0.262 e. The summed E-state index contributed by atoms with van der Waals surface area (Å²) in [6, 6.07) is 13.2. The number of carbonyl (C=O) groups is 1. The fourth-order valence-corrected chi connectivity index (χ4v) is 5.43. The van der Waals surface area contributed by atoms with Gasteiger partial charge in [0.15, 0.2) is 6.61 Å². The standard InChI is InChI=1S/C32H45ClN2O3S/c1-2-3-4-5-6-7-8-9-10-11-12-13-21-37-31-19-18-29(23-30(31)33)38-25-32(36)34-28-16-14-27(15-17-28)24-35-20-22-39-26-35/h14-20,22-23H,2-13,21,24-26H2,1H3,(H,34,36). The molecule has 3 rings (SSSR count). The number of amides is 1. The van der Waals surface area contributed by atoms with Gasteiger partial charge in [0.2, 0.25) is 0 Å². The first-order valence-corrected chi connectivity index (χ1v) is 16.0. The van der Waals surface area contributed by atoms with Crippen molar-refractivity contribution in [3.05, 3.63) is 64.7 Å². The molecule has 39 heavy (non-hydrogen) atoms. The van der Waals surface area contributed by atoms with Crippen molar-refractivity contribution >= 4 is 35.0 Å². The van der Waals surface area contributed by atoms with E-state index in [1.807, 2.05) is 30.3 Å². The first kappa shape index (κ1) is 31.2. The molecule has 0 unspecified atom stereocenters. The number of nitrogens with zero attached hydrogens (tertiary/aromatic N) is 1. The molecule has 7 heteroatoms. The summed E-state index contributed by atoms with van der Waals surface area (Å²) in [6.07, 6.45) is 17.9. The lowest BCUT2D eigenvalue weighted by molar-refractivity contribution is -0.118. The number of hydrogen-bond donors (Lipinski definition) is 1. The van der Waals surface area contributed by atoms with Crippen LogP contribution >= 0.6 is 23.4 Å². The van der Waals surface area contributed by atoms with Gasteiger partial charge in [0.05, 0.1) is 17.5 Å². The molecule has 2 aromatic carbocycles. The number of unbranched alkanes of at least 4 members (excludes halogenated alkanes) is 11. The first-order chi connectivity index (χ1) is 19.1. The van der Waals surface area contributed by atoms with Gasteiger partial charge in [-0.3, -0.25) is 4.79 Å². The first-order valence-electron chi connectivity index (χ1n) is 14.6. The molecule has 1 amide bonds. The lowest BCUT2D eigenvalue weighted by atomic mass is 10.1. The summed E-state index contributed by atoms with van der Waals surface area (Å²) < 4.78 is 11.5. The fraction of sp³-hybridized carbons (Fsp3) is 0.531. The second-order valence-corrected chi connectivity index (χ2v) is 11.5. The molecule has 0 radical (unpaired) electrons. The number of hydrogen-bond acceptors (Lipinski definition) is 5. The van der Waals surface area contributed by atoms with Crippen LogP contribution < -0.4 is 14.8 Å². The molecular weight excluding hydrogens is 528 g/mol. The molecule has 214 valence electrons. The molecule has 5 nitrogen and oxygen atoms in total. The SMILES string of the molecule is CCCCCCCCCCCCCCOc1ccc(OCC(=O)Nc2ccc(CN3C=CSC3)cc2)cc1Cl. The molecule has 0 bridgehead atoms. The van der Waals surface area contributed by atoms with E-state index >= 15 is 0 Å². The molecule has 1 aliphatic rings. The summed E-state index contributed by atoms with van der Waals surface area (Å²) in [5.74, 6) is 1.95. The topological polar surface area (TPSA) is 50.8 Å². The van der Waals surface area contributed by atoms with Crippen LogP contribution in [-0.2, 0) is 11.3 Å². The largest absolute Gasteiger partial charge is 0.492 e. The van der Waals surface area contributed by atoms with Gasteiger partial charge in [-0.15, -0.1) is 11.8 Å². The van der Waals surface area contributed by atoms with Crippen LogP contribution in [0.15, 0.2) is 54.1 Å². The lowest BCUT2D eigenvalue weighted by Crippen LogP contribution is -2.20. The van der Waals surface area contributed by atoms with Gasteiger partial charge in [-0.2, -0.15) is 0 Å². The van der Waals surface area contributed by atoms with Gasteiger partial charge in [-0.1, -0.05) is 101 Å². The summed E-state index contributed by atoms with van der Waals surface area (Å²) >= 11 is 8.17. The summed E-state index contributed by atoms with van der Waals surface area (Å²) in [6.45, 7) is 3.70. The fourth-order valence-electron chi connectivity index (χ4n) is 4.50. The molecule has 1 heterocycles. The van der Waals surface area contributed by atoms with Gasteiger partial charge >= 0.3 is 0 Å². The van der Waals surface area contributed by atoms with Crippen LogP contribution in [-0.4, -0.2) is 29.9 Å². The Hall–Kier alpha value is -2.31. The Kier molecular flexibility index (Phi) is 15.1. The van der Waals surface area contributed by atoms with Gasteiger partial charge in [-0.05, 0) is 41.7 Å². The zero-order valence-electron chi connectivity index (χ0n) is 23.5. The van der Waals surface area contributed by atoms with Gasteiger partial charge in [0, 0.05) is 24.5 Å². The third kappa shape index (κ3) is 13.1. The van der Waals surface area contributed by atoms with Crippen LogP contribution in [0.25, 0.3) is 0 Å². The van der Waals surface area contributed by atoms with E-state index in [1.54, 1.807) is 23.9 Å². The Balaban J connectivity index is 1.23. The van der Waals surface area contributed by atoms with E-state index in [2.05, 4.69) is 28.7 Å². The van der Waals surface area contributed by atoms with Gasteiger partial charge < -0.3 is 19.7 Å². The number of anilines is 1. The second-order valence-electron chi connectivity index (χ2n) is 10.2. The Morgan fingerprint density at radius 2 is 1.56 bits per heavy atom. The maximum Gasteiger partial charge on any atom is 0.262 e. The number of thioether (sulfide) groups is 1. The zero-order valence-corrected chi connectivity index (χ0v) is 25.0. The van der Waals surface area contributed by atoms with E-state index in [0.717, 1.165) is 24.5 Å². The summed E-state index contributed by atoms with van der Waals surface area (Å²) in [5, 5.41) is 5.47.